The largest absolute Gasteiger partial charge is 0.368 e. The van der Waals surface area contributed by atoms with Crippen LogP contribution >= 0.6 is 38.6 Å². The molecule has 0 spiro atoms. The highest BCUT2D eigenvalue weighted by Gasteiger charge is 2.26. The lowest BCUT2D eigenvalue weighted by Gasteiger charge is -2.07. The van der Waals surface area contributed by atoms with Gasteiger partial charge in [0.05, 0.1) is 9.98 Å². The molecule has 21 heavy (non-hydrogen) atoms. The van der Waals surface area contributed by atoms with E-state index in [1.54, 1.807) is 22.2 Å². The lowest BCUT2D eigenvalue weighted by molar-refractivity contribution is 0.597. The molecule has 11 heteroatoms. The van der Waals surface area contributed by atoms with Gasteiger partial charge in [-0.3, -0.25) is 9.12 Å². The Labute approximate surface area is 137 Å². The number of rotatable bonds is 5. The first-order valence-electron chi connectivity index (χ1n) is 5.85. The molecule has 0 saturated heterocycles. The van der Waals surface area contributed by atoms with Gasteiger partial charge in [-0.2, -0.15) is 8.42 Å². The van der Waals surface area contributed by atoms with Crippen molar-refractivity contribution in [3.63, 3.8) is 0 Å². The van der Waals surface area contributed by atoms with Crippen molar-refractivity contribution in [2.24, 2.45) is 0 Å². The van der Waals surface area contributed by atoms with E-state index in [2.05, 4.69) is 35.9 Å². The predicted molar refractivity (Wildman–Crippen MR) is 87.9 cm³/mol. The van der Waals surface area contributed by atoms with E-state index in [0.717, 1.165) is 3.79 Å². The minimum Gasteiger partial charge on any atom is -0.368 e. The van der Waals surface area contributed by atoms with E-state index in [0.29, 0.717) is 22.5 Å². The highest BCUT2D eigenvalue weighted by atomic mass is 79.9. The van der Waals surface area contributed by atoms with Gasteiger partial charge in [0, 0.05) is 18.1 Å². The van der Waals surface area contributed by atoms with Crippen LogP contribution in [0.3, 0.4) is 0 Å². The van der Waals surface area contributed by atoms with E-state index in [1.807, 2.05) is 6.92 Å². The Morgan fingerprint density at radius 1 is 1.48 bits per heavy atom. The molecule has 2 N–H and O–H groups in total. The molecule has 3 aromatic heterocycles. The Bertz CT molecular complexity index is 882. The van der Waals surface area contributed by atoms with Gasteiger partial charge < -0.3 is 5.32 Å². The Hall–Kier alpha value is -1.17. The molecule has 7 nitrogen and oxygen atoms in total. The molecule has 3 aromatic rings. The number of aromatic nitrogens is 3. The molecule has 0 atom stereocenters. The normalized spacial score (nSPS) is 11.9. The molecule has 0 aliphatic rings. The summed E-state index contributed by atoms with van der Waals surface area (Å²) in [6.45, 7) is 2.46. The molecule has 0 aliphatic carbocycles. The zero-order valence-electron chi connectivity index (χ0n) is 10.7. The summed E-state index contributed by atoms with van der Waals surface area (Å²) < 4.78 is 30.0. The molecular weight excluding hydrogens is 398 g/mol. The third-order valence-corrected chi connectivity index (χ3v) is 6.15. The van der Waals surface area contributed by atoms with Gasteiger partial charge in [0.1, 0.15) is 0 Å². The van der Waals surface area contributed by atoms with Crippen LogP contribution < -0.4 is 10.0 Å². The first kappa shape index (κ1) is 14.8. The van der Waals surface area contributed by atoms with Crippen molar-refractivity contribution in [1.82, 2.24) is 14.4 Å². The highest BCUT2D eigenvalue weighted by Crippen LogP contribution is 2.29. The molecule has 0 fully saturated rings. The molecule has 0 amide bonds. The topological polar surface area (TPSA) is 88.4 Å². The Balaban J connectivity index is 2.08. The lowest BCUT2D eigenvalue weighted by Crippen LogP contribution is -2.16. The molecule has 0 radical (unpaired) electrons. The van der Waals surface area contributed by atoms with E-state index < -0.39 is 10.0 Å². The van der Waals surface area contributed by atoms with Crippen LogP contribution in [0.25, 0.3) is 4.96 Å². The number of nitrogens with zero attached hydrogens (tertiary/aromatic N) is 3. The molecule has 0 bridgehead atoms. The molecule has 3 rings (SSSR count). The number of sulfonamides is 1. The molecular formula is C10H10BrN5O2S3. The first-order valence-corrected chi connectivity index (χ1v) is 9.82. The number of anilines is 2. The molecule has 0 aromatic carbocycles. The van der Waals surface area contributed by atoms with Crippen LogP contribution in [0.4, 0.5) is 10.9 Å². The van der Waals surface area contributed by atoms with Gasteiger partial charge in [-0.15, -0.1) is 11.3 Å². The van der Waals surface area contributed by atoms with Crippen molar-refractivity contribution in [2.75, 3.05) is 16.6 Å². The van der Waals surface area contributed by atoms with Gasteiger partial charge in [-0.05, 0) is 22.9 Å². The van der Waals surface area contributed by atoms with Crippen molar-refractivity contribution in [3.05, 3.63) is 21.6 Å². The average molecular weight is 408 g/mol. The first-order chi connectivity index (χ1) is 10.0. The number of fused-ring (bicyclic) bond motifs is 1. The van der Waals surface area contributed by atoms with Gasteiger partial charge in [-0.1, -0.05) is 11.3 Å². The standard InChI is InChI=1S/C10H10BrN5O2S3/c1-2-12-7-8(16-3-4-19-10(16)14-7)21(17,18)15-9-13-5-6(11)20-9/h3-5,12H,2H2,1H3,(H,13,15). The summed E-state index contributed by atoms with van der Waals surface area (Å²) in [7, 11) is -3.78. The molecule has 0 aliphatic heterocycles. The van der Waals surface area contributed by atoms with Crippen LogP contribution in [0, 0.1) is 0 Å². The summed E-state index contributed by atoms with van der Waals surface area (Å²) in [5.41, 5.74) is 0. The lowest BCUT2D eigenvalue weighted by atomic mass is 10.6. The highest BCUT2D eigenvalue weighted by molar-refractivity contribution is 9.11. The number of halogens is 1. The second-order valence-corrected chi connectivity index (χ2v) is 8.81. The van der Waals surface area contributed by atoms with Crippen molar-refractivity contribution >= 4 is 64.5 Å². The van der Waals surface area contributed by atoms with Crippen LogP contribution in [0.2, 0.25) is 0 Å². The number of thiazole rings is 2. The summed E-state index contributed by atoms with van der Waals surface area (Å²) in [5.74, 6) is 0.340. The minimum atomic E-state index is -3.78. The Morgan fingerprint density at radius 2 is 2.29 bits per heavy atom. The summed E-state index contributed by atoms with van der Waals surface area (Å²) in [5, 5.41) is 5.16. The number of hydrogen-bond acceptors (Lipinski definition) is 7. The van der Waals surface area contributed by atoms with Gasteiger partial charge in [0.25, 0.3) is 10.0 Å². The maximum atomic E-state index is 12.6. The Morgan fingerprint density at radius 3 is 2.95 bits per heavy atom. The minimum absolute atomic E-state index is 0.0897. The van der Waals surface area contributed by atoms with Crippen LogP contribution in [-0.2, 0) is 10.0 Å². The predicted octanol–water partition coefficient (Wildman–Crippen LogP) is 2.85. The SMILES string of the molecule is CCNc1nc2sccn2c1S(=O)(=O)Nc1ncc(Br)s1. The quantitative estimate of drug-likeness (QED) is 0.678. The van der Waals surface area contributed by atoms with Crippen LogP contribution in [0.5, 0.6) is 0 Å². The van der Waals surface area contributed by atoms with Gasteiger partial charge in [0.15, 0.2) is 15.9 Å². The Kier molecular flexibility index (Phi) is 3.90. The summed E-state index contributed by atoms with van der Waals surface area (Å²) in [4.78, 5) is 8.91. The van der Waals surface area contributed by atoms with E-state index in [4.69, 9.17) is 0 Å². The average Bonchev–Trinajstić information content (AvgIpc) is 3.05. The molecule has 0 saturated carbocycles. The van der Waals surface area contributed by atoms with Gasteiger partial charge in [0.2, 0.25) is 5.03 Å². The van der Waals surface area contributed by atoms with E-state index in [-0.39, 0.29) is 5.03 Å². The third-order valence-electron chi connectivity index (χ3n) is 2.52. The molecule has 112 valence electrons. The smallest absolute Gasteiger partial charge is 0.283 e. The van der Waals surface area contributed by atoms with Crippen molar-refractivity contribution in [1.29, 1.82) is 0 Å². The van der Waals surface area contributed by atoms with E-state index >= 15 is 0 Å². The van der Waals surface area contributed by atoms with Crippen molar-refractivity contribution < 1.29 is 8.42 Å². The number of imidazole rings is 1. The van der Waals surface area contributed by atoms with E-state index in [9.17, 15) is 8.42 Å². The zero-order valence-corrected chi connectivity index (χ0v) is 14.7. The summed E-state index contributed by atoms with van der Waals surface area (Å²) in [6.07, 6.45) is 3.23. The fourth-order valence-corrected chi connectivity index (χ4v) is 5.15. The van der Waals surface area contributed by atoms with Crippen molar-refractivity contribution in [2.45, 2.75) is 11.9 Å². The number of nitrogens with one attached hydrogen (secondary N) is 2. The fourth-order valence-electron chi connectivity index (χ4n) is 1.77. The van der Waals surface area contributed by atoms with Crippen LogP contribution in [-0.4, -0.2) is 29.3 Å². The second kappa shape index (κ2) is 5.55. The van der Waals surface area contributed by atoms with Crippen LogP contribution in [0.1, 0.15) is 6.92 Å². The maximum absolute atomic E-state index is 12.6. The maximum Gasteiger partial charge on any atom is 0.283 e. The third kappa shape index (κ3) is 2.78. The molecule has 3 heterocycles. The fraction of sp³-hybridized carbons (Fsp3) is 0.200. The number of hydrogen-bond donors (Lipinski definition) is 2. The summed E-state index contributed by atoms with van der Waals surface area (Å²) in [6, 6.07) is 0. The van der Waals surface area contributed by atoms with Gasteiger partial charge in [-0.25, -0.2) is 9.97 Å². The zero-order chi connectivity index (χ0) is 15.0. The second-order valence-electron chi connectivity index (χ2n) is 3.93. The van der Waals surface area contributed by atoms with E-state index in [1.165, 1.54) is 22.7 Å². The van der Waals surface area contributed by atoms with Crippen LogP contribution in [0.15, 0.2) is 26.6 Å². The van der Waals surface area contributed by atoms with Gasteiger partial charge >= 0.3 is 0 Å². The monoisotopic (exact) mass is 407 g/mol. The summed E-state index contributed by atoms with van der Waals surface area (Å²) >= 11 is 5.83. The van der Waals surface area contributed by atoms with Crippen molar-refractivity contribution in [3.8, 4) is 0 Å². The molecule has 0 unspecified atom stereocenters.